The average molecular weight is 277 g/mol. The minimum Gasteiger partial charge on any atom is -0.480 e. The summed E-state index contributed by atoms with van der Waals surface area (Å²) in [7, 11) is 0. The minimum atomic E-state index is -0.604. The van der Waals surface area contributed by atoms with Crippen molar-refractivity contribution in [3.8, 4) is 0 Å². The fourth-order valence-electron chi connectivity index (χ4n) is 6.35. The molecule has 5 fully saturated rings. The maximum absolute atomic E-state index is 11.3. The Labute approximate surface area is 121 Å². The van der Waals surface area contributed by atoms with Crippen molar-refractivity contribution in [3.05, 3.63) is 0 Å². The topological polar surface area (TPSA) is 40.5 Å². The third-order valence-corrected chi connectivity index (χ3v) is 6.74. The first-order valence-electron chi connectivity index (χ1n) is 8.60. The molecule has 0 aromatic rings. The van der Waals surface area contributed by atoms with Crippen LogP contribution in [0.5, 0.6) is 0 Å². The van der Waals surface area contributed by atoms with Gasteiger partial charge in [0.2, 0.25) is 0 Å². The molecule has 112 valence electrons. The van der Waals surface area contributed by atoms with E-state index in [-0.39, 0.29) is 6.04 Å². The summed E-state index contributed by atoms with van der Waals surface area (Å²) in [6.45, 7) is 2.03. The van der Waals surface area contributed by atoms with Gasteiger partial charge < -0.3 is 5.11 Å². The molecule has 20 heavy (non-hydrogen) atoms. The summed E-state index contributed by atoms with van der Waals surface area (Å²) >= 11 is 0. The highest BCUT2D eigenvalue weighted by Crippen LogP contribution is 2.61. The Kier molecular flexibility index (Phi) is 3.10. The van der Waals surface area contributed by atoms with E-state index >= 15 is 0 Å². The molecule has 0 amide bonds. The fourth-order valence-corrected chi connectivity index (χ4v) is 6.35. The van der Waals surface area contributed by atoms with Crippen LogP contribution < -0.4 is 0 Å². The molecule has 0 aromatic heterocycles. The molecular weight excluding hydrogens is 250 g/mol. The van der Waals surface area contributed by atoms with Gasteiger partial charge in [0, 0.05) is 0 Å². The summed E-state index contributed by atoms with van der Waals surface area (Å²) < 4.78 is 0. The van der Waals surface area contributed by atoms with Gasteiger partial charge in [-0.05, 0) is 94.0 Å². The fraction of sp³-hybridized carbons (Fsp3) is 0.941. The van der Waals surface area contributed by atoms with Crippen molar-refractivity contribution >= 4 is 5.97 Å². The highest BCUT2D eigenvalue weighted by molar-refractivity contribution is 5.73. The highest BCUT2D eigenvalue weighted by Gasteiger charge is 2.50. The second-order valence-corrected chi connectivity index (χ2v) is 8.20. The number of carboxylic acid groups (broad SMARTS) is 1. The molecule has 1 aliphatic heterocycles. The van der Waals surface area contributed by atoms with E-state index in [1.807, 2.05) is 0 Å². The molecule has 1 N–H and O–H groups in total. The molecular formula is C17H27NO2. The van der Waals surface area contributed by atoms with Gasteiger partial charge in [-0.1, -0.05) is 0 Å². The van der Waals surface area contributed by atoms with E-state index in [1.54, 1.807) is 0 Å². The Morgan fingerprint density at radius 2 is 1.70 bits per heavy atom. The van der Waals surface area contributed by atoms with Crippen LogP contribution in [0.25, 0.3) is 0 Å². The maximum atomic E-state index is 11.3. The predicted octanol–water partition coefficient (Wildman–Crippen LogP) is 3.14. The van der Waals surface area contributed by atoms with Gasteiger partial charge in [-0.15, -0.1) is 0 Å². The van der Waals surface area contributed by atoms with Crippen LogP contribution in [0.2, 0.25) is 0 Å². The molecule has 0 radical (unpaired) electrons. The van der Waals surface area contributed by atoms with E-state index in [0.717, 1.165) is 43.7 Å². The number of aliphatic carboxylic acids is 1. The van der Waals surface area contributed by atoms with Crippen LogP contribution in [0.3, 0.4) is 0 Å². The summed E-state index contributed by atoms with van der Waals surface area (Å²) in [5.41, 5.74) is 0.598. The first-order chi connectivity index (χ1) is 9.63. The zero-order valence-electron chi connectivity index (χ0n) is 12.4. The normalized spacial score (nSPS) is 47.0. The molecule has 4 aliphatic carbocycles. The molecule has 0 unspecified atom stereocenters. The second-order valence-electron chi connectivity index (χ2n) is 8.20. The third-order valence-electron chi connectivity index (χ3n) is 6.74. The number of hydrogen-bond donors (Lipinski definition) is 1. The van der Waals surface area contributed by atoms with Gasteiger partial charge in [0.1, 0.15) is 6.04 Å². The third kappa shape index (κ3) is 2.18. The molecule has 4 saturated carbocycles. The van der Waals surface area contributed by atoms with Crippen molar-refractivity contribution in [1.82, 2.24) is 4.90 Å². The Morgan fingerprint density at radius 1 is 1.10 bits per heavy atom. The van der Waals surface area contributed by atoms with E-state index < -0.39 is 5.97 Å². The van der Waals surface area contributed by atoms with Gasteiger partial charge in [-0.3, -0.25) is 9.69 Å². The minimum absolute atomic E-state index is 0.191. The lowest BCUT2D eigenvalue weighted by Crippen LogP contribution is -2.48. The van der Waals surface area contributed by atoms with Crippen LogP contribution in [0, 0.1) is 23.2 Å². The molecule has 0 spiro atoms. The van der Waals surface area contributed by atoms with Crippen LogP contribution in [0.15, 0.2) is 0 Å². The van der Waals surface area contributed by atoms with E-state index in [1.165, 1.54) is 44.9 Å². The summed E-state index contributed by atoms with van der Waals surface area (Å²) in [6.07, 6.45) is 12.0. The van der Waals surface area contributed by atoms with Crippen molar-refractivity contribution in [2.45, 2.75) is 63.8 Å². The first kappa shape index (κ1) is 13.1. The van der Waals surface area contributed by atoms with Crippen molar-refractivity contribution in [2.75, 3.05) is 13.1 Å². The lowest BCUT2D eigenvalue weighted by molar-refractivity contribution is -0.142. The van der Waals surface area contributed by atoms with Gasteiger partial charge in [-0.25, -0.2) is 0 Å². The van der Waals surface area contributed by atoms with Crippen LogP contribution in [-0.4, -0.2) is 35.1 Å². The Bertz CT molecular complexity index is 371. The first-order valence-corrected chi connectivity index (χ1v) is 8.60. The van der Waals surface area contributed by atoms with Gasteiger partial charge >= 0.3 is 5.97 Å². The molecule has 1 saturated heterocycles. The van der Waals surface area contributed by atoms with Gasteiger partial charge in [-0.2, -0.15) is 0 Å². The van der Waals surface area contributed by atoms with Gasteiger partial charge in [0.05, 0.1) is 0 Å². The summed E-state index contributed by atoms with van der Waals surface area (Å²) in [4.78, 5) is 13.5. The van der Waals surface area contributed by atoms with Crippen LogP contribution in [0.1, 0.15) is 57.8 Å². The second kappa shape index (κ2) is 4.72. The number of nitrogens with zero attached hydrogens (tertiary/aromatic N) is 1. The van der Waals surface area contributed by atoms with E-state index in [0.29, 0.717) is 5.41 Å². The summed E-state index contributed by atoms with van der Waals surface area (Å²) in [6, 6.07) is -0.191. The number of carboxylic acids is 1. The quantitative estimate of drug-likeness (QED) is 0.858. The molecule has 0 aromatic carbocycles. The predicted molar refractivity (Wildman–Crippen MR) is 77.5 cm³/mol. The van der Waals surface area contributed by atoms with Crippen molar-refractivity contribution in [3.63, 3.8) is 0 Å². The molecule has 1 atom stereocenters. The molecule has 3 heteroatoms. The number of rotatable bonds is 4. The van der Waals surface area contributed by atoms with Crippen molar-refractivity contribution < 1.29 is 9.90 Å². The molecule has 3 nitrogen and oxygen atoms in total. The monoisotopic (exact) mass is 277 g/mol. The smallest absolute Gasteiger partial charge is 0.320 e. The molecule has 5 aliphatic rings. The van der Waals surface area contributed by atoms with Crippen LogP contribution >= 0.6 is 0 Å². The van der Waals surface area contributed by atoms with Crippen molar-refractivity contribution in [1.29, 1.82) is 0 Å². The number of hydrogen-bond acceptors (Lipinski definition) is 2. The highest BCUT2D eigenvalue weighted by atomic mass is 16.4. The van der Waals surface area contributed by atoms with E-state index in [4.69, 9.17) is 0 Å². The molecule has 1 heterocycles. The van der Waals surface area contributed by atoms with Gasteiger partial charge in [0.15, 0.2) is 0 Å². The summed E-state index contributed by atoms with van der Waals surface area (Å²) in [5.74, 6) is 2.42. The lowest BCUT2D eigenvalue weighted by atomic mass is 9.49. The van der Waals surface area contributed by atoms with E-state index in [2.05, 4.69) is 4.90 Å². The largest absolute Gasteiger partial charge is 0.480 e. The zero-order valence-corrected chi connectivity index (χ0v) is 12.4. The zero-order chi connectivity index (χ0) is 13.7. The molecule has 4 bridgehead atoms. The Balaban J connectivity index is 1.41. The van der Waals surface area contributed by atoms with Crippen molar-refractivity contribution in [2.24, 2.45) is 23.2 Å². The molecule has 5 rings (SSSR count). The number of carbonyl (C=O) groups is 1. The van der Waals surface area contributed by atoms with Crippen LogP contribution in [0.4, 0.5) is 0 Å². The lowest BCUT2D eigenvalue weighted by Gasteiger charge is -2.57. The standard InChI is InChI=1S/C17H27NO2/c19-16(20)15-2-1-4-18(15)5-3-17-9-12-6-13(10-17)8-14(7-12)11-17/h12-15H,1-11H2,(H,19,20)/t12?,13?,14?,15-,17?/m0/s1. The van der Waals surface area contributed by atoms with Crippen LogP contribution in [-0.2, 0) is 4.79 Å². The summed E-state index contributed by atoms with van der Waals surface area (Å²) in [5, 5.41) is 9.30. The SMILES string of the molecule is O=C(O)[C@@H]1CCCN1CCC12CC3CC(CC(C3)C1)C2. The Hall–Kier alpha value is -0.570. The van der Waals surface area contributed by atoms with Gasteiger partial charge in [0.25, 0.3) is 0 Å². The maximum Gasteiger partial charge on any atom is 0.320 e. The average Bonchev–Trinajstić information content (AvgIpc) is 2.83. The van der Waals surface area contributed by atoms with E-state index in [9.17, 15) is 9.90 Å². The number of likely N-dealkylation sites (tertiary alicyclic amines) is 1. The Morgan fingerprint density at radius 3 is 2.25 bits per heavy atom.